The van der Waals surface area contributed by atoms with Crippen LogP contribution in [0, 0.1) is 5.41 Å². The molecule has 3 N–H and O–H groups in total. The van der Waals surface area contributed by atoms with Crippen molar-refractivity contribution in [2.24, 2.45) is 5.41 Å². The second-order valence-corrected chi connectivity index (χ2v) is 8.26. The zero-order valence-corrected chi connectivity index (χ0v) is 15.8. The summed E-state index contributed by atoms with van der Waals surface area (Å²) < 4.78 is 0. The third-order valence-electron chi connectivity index (χ3n) is 5.02. The lowest BCUT2D eigenvalue weighted by molar-refractivity contribution is 0.0414. The highest BCUT2D eigenvalue weighted by atomic mass is 16.3. The lowest BCUT2D eigenvalue weighted by Gasteiger charge is -2.46. The second-order valence-electron chi connectivity index (χ2n) is 8.26. The number of aliphatic hydroxyl groups is 1. The molecule has 0 saturated carbocycles. The number of hydrogen-bond donors (Lipinski definition) is 3. The summed E-state index contributed by atoms with van der Waals surface area (Å²) in [7, 11) is 0. The summed E-state index contributed by atoms with van der Waals surface area (Å²) in [5, 5.41) is 17.3. The van der Waals surface area contributed by atoms with E-state index in [2.05, 4.69) is 66.0 Å². The Labute approximate surface area is 133 Å². The van der Waals surface area contributed by atoms with Crippen LogP contribution in [0.3, 0.4) is 0 Å². The van der Waals surface area contributed by atoms with E-state index in [4.69, 9.17) is 0 Å². The van der Waals surface area contributed by atoms with E-state index in [1.54, 1.807) is 0 Å². The van der Waals surface area contributed by atoms with Gasteiger partial charge in [0.2, 0.25) is 0 Å². The van der Waals surface area contributed by atoms with Crippen molar-refractivity contribution < 1.29 is 5.11 Å². The summed E-state index contributed by atoms with van der Waals surface area (Å²) in [5.41, 5.74) is 0.332. The molecule has 3 nitrogen and oxygen atoms in total. The van der Waals surface area contributed by atoms with E-state index < -0.39 is 0 Å². The Bertz CT molecular complexity index is 283. The Balaban J connectivity index is 4.36. The van der Waals surface area contributed by atoms with E-state index in [1.807, 2.05) is 0 Å². The molecular formula is C18H40N2O. The minimum atomic E-state index is -0.196. The van der Waals surface area contributed by atoms with E-state index in [0.717, 1.165) is 38.8 Å². The maximum atomic E-state index is 10.0. The Morgan fingerprint density at radius 2 is 1.43 bits per heavy atom. The number of rotatable bonds is 10. The highest BCUT2D eigenvalue weighted by Crippen LogP contribution is 2.39. The van der Waals surface area contributed by atoms with Crippen molar-refractivity contribution in [3.8, 4) is 0 Å². The number of nitrogens with one attached hydrogen (secondary N) is 2. The highest BCUT2D eigenvalue weighted by molar-refractivity contribution is 4.96. The van der Waals surface area contributed by atoms with Crippen molar-refractivity contribution in [1.29, 1.82) is 0 Å². The van der Waals surface area contributed by atoms with Gasteiger partial charge in [0.1, 0.15) is 0 Å². The van der Waals surface area contributed by atoms with Crippen LogP contribution in [0.1, 0.15) is 81.1 Å². The minimum absolute atomic E-state index is 0.0274. The molecule has 0 amide bonds. The van der Waals surface area contributed by atoms with Gasteiger partial charge in [0.05, 0.1) is 6.10 Å². The molecule has 128 valence electrons. The van der Waals surface area contributed by atoms with Crippen molar-refractivity contribution in [2.45, 2.75) is 98.3 Å². The van der Waals surface area contributed by atoms with Gasteiger partial charge in [0.15, 0.2) is 0 Å². The van der Waals surface area contributed by atoms with Crippen molar-refractivity contribution >= 4 is 0 Å². The van der Waals surface area contributed by atoms with Crippen LogP contribution in [0.25, 0.3) is 0 Å². The molecule has 0 fully saturated rings. The van der Waals surface area contributed by atoms with Gasteiger partial charge in [0.25, 0.3) is 0 Å². The third-order valence-corrected chi connectivity index (χ3v) is 5.02. The van der Waals surface area contributed by atoms with Crippen LogP contribution in [0.5, 0.6) is 0 Å². The summed E-state index contributed by atoms with van der Waals surface area (Å²) in [6, 6.07) is 0. The zero-order chi connectivity index (χ0) is 16.7. The Kier molecular flexibility index (Phi) is 8.45. The van der Waals surface area contributed by atoms with Crippen molar-refractivity contribution in [2.75, 3.05) is 13.1 Å². The molecule has 0 saturated heterocycles. The van der Waals surface area contributed by atoms with Gasteiger partial charge in [-0.05, 0) is 78.8 Å². The molecule has 0 aliphatic rings. The fourth-order valence-corrected chi connectivity index (χ4v) is 2.67. The van der Waals surface area contributed by atoms with E-state index in [-0.39, 0.29) is 22.6 Å². The lowest BCUT2D eigenvalue weighted by Crippen LogP contribution is -2.54. The van der Waals surface area contributed by atoms with Gasteiger partial charge < -0.3 is 15.7 Å². The highest BCUT2D eigenvalue weighted by Gasteiger charge is 2.40. The molecule has 21 heavy (non-hydrogen) atoms. The first-order valence-electron chi connectivity index (χ1n) is 8.65. The molecule has 0 aliphatic carbocycles. The monoisotopic (exact) mass is 300 g/mol. The van der Waals surface area contributed by atoms with Crippen LogP contribution in [0.4, 0.5) is 0 Å². The van der Waals surface area contributed by atoms with Crippen molar-refractivity contribution in [3.63, 3.8) is 0 Å². The van der Waals surface area contributed by atoms with Gasteiger partial charge in [-0.25, -0.2) is 0 Å². The molecule has 0 radical (unpaired) electrons. The van der Waals surface area contributed by atoms with E-state index >= 15 is 0 Å². The summed E-state index contributed by atoms with van der Waals surface area (Å²) in [6.45, 7) is 19.8. The quantitative estimate of drug-likeness (QED) is 0.539. The SMILES string of the molecule is CCC(O)CC(C)(CC)C(C)(C)NCCCNC(C)(C)C. The molecule has 0 spiro atoms. The fraction of sp³-hybridized carbons (Fsp3) is 1.00. The van der Waals surface area contributed by atoms with Crippen LogP contribution in [0.2, 0.25) is 0 Å². The summed E-state index contributed by atoms with van der Waals surface area (Å²) in [6.07, 6.45) is 3.70. The first kappa shape index (κ1) is 20.9. The Morgan fingerprint density at radius 1 is 0.905 bits per heavy atom. The molecule has 0 aromatic carbocycles. The summed E-state index contributed by atoms with van der Waals surface area (Å²) in [5.74, 6) is 0. The van der Waals surface area contributed by atoms with Crippen LogP contribution < -0.4 is 10.6 Å². The van der Waals surface area contributed by atoms with Crippen molar-refractivity contribution in [3.05, 3.63) is 0 Å². The Hall–Kier alpha value is -0.120. The molecule has 0 aromatic heterocycles. The molecule has 0 bridgehead atoms. The van der Waals surface area contributed by atoms with Gasteiger partial charge >= 0.3 is 0 Å². The predicted octanol–water partition coefficient (Wildman–Crippen LogP) is 3.71. The van der Waals surface area contributed by atoms with Crippen LogP contribution in [-0.4, -0.2) is 35.4 Å². The van der Waals surface area contributed by atoms with Crippen molar-refractivity contribution in [1.82, 2.24) is 10.6 Å². The van der Waals surface area contributed by atoms with Crippen LogP contribution in [0.15, 0.2) is 0 Å². The first-order valence-corrected chi connectivity index (χ1v) is 8.65. The number of aliphatic hydroxyl groups excluding tert-OH is 1. The van der Waals surface area contributed by atoms with Gasteiger partial charge in [-0.2, -0.15) is 0 Å². The van der Waals surface area contributed by atoms with E-state index in [0.29, 0.717) is 0 Å². The predicted molar refractivity (Wildman–Crippen MR) is 93.8 cm³/mol. The maximum absolute atomic E-state index is 10.0. The standard InChI is InChI=1S/C18H40N2O/c1-9-15(21)14-18(8,10-2)17(6,7)20-13-11-12-19-16(3,4)5/h15,19-21H,9-14H2,1-8H3. The first-order chi connectivity index (χ1) is 9.47. The maximum Gasteiger partial charge on any atom is 0.0543 e. The molecule has 0 rings (SSSR count). The molecule has 0 aliphatic heterocycles. The van der Waals surface area contributed by atoms with Crippen LogP contribution >= 0.6 is 0 Å². The molecular weight excluding hydrogens is 260 g/mol. The lowest BCUT2D eigenvalue weighted by atomic mass is 9.67. The molecule has 3 heteroatoms. The summed E-state index contributed by atoms with van der Waals surface area (Å²) >= 11 is 0. The largest absolute Gasteiger partial charge is 0.393 e. The average molecular weight is 301 g/mol. The normalized spacial score (nSPS) is 17.6. The minimum Gasteiger partial charge on any atom is -0.393 e. The molecule has 0 aromatic rings. The van der Waals surface area contributed by atoms with Crippen LogP contribution in [-0.2, 0) is 0 Å². The molecule has 0 heterocycles. The molecule has 2 atom stereocenters. The zero-order valence-electron chi connectivity index (χ0n) is 15.8. The third kappa shape index (κ3) is 7.62. The van der Waals surface area contributed by atoms with Gasteiger partial charge in [0, 0.05) is 11.1 Å². The smallest absolute Gasteiger partial charge is 0.0543 e. The average Bonchev–Trinajstić information content (AvgIpc) is 2.36. The van der Waals surface area contributed by atoms with E-state index in [1.165, 1.54) is 0 Å². The molecule has 2 unspecified atom stereocenters. The van der Waals surface area contributed by atoms with Gasteiger partial charge in [-0.15, -0.1) is 0 Å². The number of hydrogen-bond acceptors (Lipinski definition) is 3. The van der Waals surface area contributed by atoms with E-state index in [9.17, 15) is 5.11 Å². The van der Waals surface area contributed by atoms with Gasteiger partial charge in [-0.1, -0.05) is 20.8 Å². The summed E-state index contributed by atoms with van der Waals surface area (Å²) in [4.78, 5) is 0. The second kappa shape index (κ2) is 8.50. The van der Waals surface area contributed by atoms with Gasteiger partial charge in [-0.3, -0.25) is 0 Å². The Morgan fingerprint density at radius 3 is 1.86 bits per heavy atom. The topological polar surface area (TPSA) is 44.3 Å². The fourth-order valence-electron chi connectivity index (χ4n) is 2.67.